The van der Waals surface area contributed by atoms with Crippen LogP contribution >= 0.6 is 0 Å². The molecule has 0 bridgehead atoms. The first-order valence-electron chi connectivity index (χ1n) is 9.35. The SMILES string of the molecule is CCOC(C(=O)Nc1ccc(-n2ccccc2=O)cc1F)[C@H]1CCN(C(N)=O)C1. The lowest BCUT2D eigenvalue weighted by Crippen LogP contribution is -2.40. The van der Waals surface area contributed by atoms with Crippen LogP contribution in [0, 0.1) is 11.7 Å². The van der Waals surface area contributed by atoms with E-state index in [0.29, 0.717) is 31.8 Å². The lowest BCUT2D eigenvalue weighted by Gasteiger charge is -2.23. The number of urea groups is 1. The van der Waals surface area contributed by atoms with Crippen LogP contribution in [-0.2, 0) is 9.53 Å². The quantitative estimate of drug-likeness (QED) is 0.767. The smallest absolute Gasteiger partial charge is 0.314 e. The van der Waals surface area contributed by atoms with E-state index >= 15 is 0 Å². The Bertz CT molecular complexity index is 961. The summed E-state index contributed by atoms with van der Waals surface area (Å²) in [5, 5.41) is 2.55. The number of nitrogens with one attached hydrogen (secondary N) is 1. The van der Waals surface area contributed by atoms with Crippen LogP contribution in [0.4, 0.5) is 14.9 Å². The van der Waals surface area contributed by atoms with Crippen LogP contribution in [-0.4, -0.2) is 47.2 Å². The summed E-state index contributed by atoms with van der Waals surface area (Å²) in [4.78, 5) is 37.4. The third-order valence-corrected chi connectivity index (χ3v) is 4.88. The number of pyridine rings is 1. The van der Waals surface area contributed by atoms with Gasteiger partial charge in [0.05, 0.1) is 11.4 Å². The van der Waals surface area contributed by atoms with Crippen LogP contribution < -0.4 is 16.6 Å². The molecule has 2 atom stereocenters. The third kappa shape index (κ3) is 4.62. The van der Waals surface area contributed by atoms with Gasteiger partial charge in [-0.05, 0) is 31.5 Å². The zero-order valence-electron chi connectivity index (χ0n) is 16.0. The molecule has 9 heteroatoms. The van der Waals surface area contributed by atoms with Gasteiger partial charge in [0.25, 0.3) is 11.5 Å². The number of anilines is 1. The second-order valence-corrected chi connectivity index (χ2v) is 6.77. The summed E-state index contributed by atoms with van der Waals surface area (Å²) < 4.78 is 21.5. The highest BCUT2D eigenvalue weighted by Crippen LogP contribution is 2.24. The zero-order chi connectivity index (χ0) is 21.0. The Morgan fingerprint density at radius 3 is 2.76 bits per heavy atom. The van der Waals surface area contributed by atoms with Crippen LogP contribution in [0.3, 0.4) is 0 Å². The Balaban J connectivity index is 1.75. The number of halogens is 1. The molecule has 0 radical (unpaired) electrons. The summed E-state index contributed by atoms with van der Waals surface area (Å²) in [6.07, 6.45) is 1.27. The normalized spacial score (nSPS) is 17.2. The minimum absolute atomic E-state index is 0.0165. The van der Waals surface area contributed by atoms with Crippen LogP contribution in [0.15, 0.2) is 47.4 Å². The maximum atomic E-state index is 14.6. The van der Waals surface area contributed by atoms with E-state index in [4.69, 9.17) is 10.5 Å². The first-order chi connectivity index (χ1) is 13.9. The van der Waals surface area contributed by atoms with Gasteiger partial charge in [0, 0.05) is 43.9 Å². The van der Waals surface area contributed by atoms with Gasteiger partial charge >= 0.3 is 6.03 Å². The molecular weight excluding hydrogens is 379 g/mol. The fourth-order valence-corrected chi connectivity index (χ4v) is 3.44. The van der Waals surface area contributed by atoms with Gasteiger partial charge < -0.3 is 20.7 Å². The van der Waals surface area contributed by atoms with Crippen molar-refractivity contribution < 1.29 is 18.7 Å². The number of nitrogens with two attached hydrogens (primary N) is 1. The maximum absolute atomic E-state index is 14.6. The molecule has 3 N–H and O–H groups in total. The third-order valence-electron chi connectivity index (χ3n) is 4.88. The Labute approximate surface area is 167 Å². The van der Waals surface area contributed by atoms with Gasteiger partial charge in [-0.25, -0.2) is 9.18 Å². The largest absolute Gasteiger partial charge is 0.368 e. The standard InChI is InChI=1S/C20H23FN4O4/c1-2-29-18(13-8-10-24(12-13)20(22)28)19(27)23-16-7-6-14(11-15(16)21)25-9-4-3-5-17(25)26/h3-7,9,11,13,18H,2,8,10,12H2,1H3,(H2,22,28)(H,23,27)/t13-,18?/m0/s1. The van der Waals surface area contributed by atoms with E-state index < -0.39 is 23.9 Å². The summed E-state index contributed by atoms with van der Waals surface area (Å²) in [5.74, 6) is -1.40. The average molecular weight is 402 g/mol. The minimum Gasteiger partial charge on any atom is -0.368 e. The predicted molar refractivity (Wildman–Crippen MR) is 105 cm³/mol. The maximum Gasteiger partial charge on any atom is 0.314 e. The fraction of sp³-hybridized carbons (Fsp3) is 0.350. The number of likely N-dealkylation sites (tertiary alicyclic amines) is 1. The highest BCUT2D eigenvalue weighted by Gasteiger charge is 2.36. The first kappa shape index (κ1) is 20.5. The number of hydrogen-bond acceptors (Lipinski definition) is 4. The van der Waals surface area contributed by atoms with Crippen molar-refractivity contribution in [1.29, 1.82) is 0 Å². The van der Waals surface area contributed by atoms with Crippen molar-refractivity contribution in [1.82, 2.24) is 9.47 Å². The van der Waals surface area contributed by atoms with Crippen LogP contribution in [0.1, 0.15) is 13.3 Å². The number of benzene rings is 1. The zero-order valence-corrected chi connectivity index (χ0v) is 16.0. The van der Waals surface area contributed by atoms with E-state index in [1.165, 1.54) is 33.9 Å². The number of aromatic nitrogens is 1. The summed E-state index contributed by atoms with van der Waals surface area (Å²) in [5.41, 5.74) is 5.34. The predicted octanol–water partition coefficient (Wildman–Crippen LogP) is 1.72. The molecule has 1 aromatic heterocycles. The van der Waals surface area contributed by atoms with Gasteiger partial charge in [-0.1, -0.05) is 6.07 Å². The van der Waals surface area contributed by atoms with Crippen LogP contribution in [0.5, 0.6) is 0 Å². The molecule has 1 aliphatic heterocycles. The topological polar surface area (TPSA) is 107 Å². The molecule has 0 aliphatic carbocycles. The molecule has 154 valence electrons. The molecule has 0 spiro atoms. The second-order valence-electron chi connectivity index (χ2n) is 6.77. The molecule has 1 unspecified atom stereocenters. The van der Waals surface area contributed by atoms with Crippen LogP contribution in [0.25, 0.3) is 5.69 Å². The van der Waals surface area contributed by atoms with Crippen molar-refractivity contribution in [2.75, 3.05) is 25.0 Å². The summed E-state index contributed by atoms with van der Waals surface area (Å²) >= 11 is 0. The fourth-order valence-electron chi connectivity index (χ4n) is 3.44. The number of rotatable bonds is 6. The summed E-state index contributed by atoms with van der Waals surface area (Å²) in [6.45, 7) is 2.81. The molecular formula is C20H23FN4O4. The first-order valence-corrected chi connectivity index (χ1v) is 9.35. The van der Waals surface area contributed by atoms with Crippen molar-refractivity contribution in [3.63, 3.8) is 0 Å². The summed E-state index contributed by atoms with van der Waals surface area (Å²) in [7, 11) is 0. The Hall–Kier alpha value is -3.20. The van der Waals surface area contributed by atoms with Crippen molar-refractivity contribution in [3.05, 3.63) is 58.8 Å². The van der Waals surface area contributed by atoms with E-state index in [1.54, 1.807) is 25.1 Å². The molecule has 2 heterocycles. The van der Waals surface area contributed by atoms with Gasteiger partial charge in [0.1, 0.15) is 11.9 Å². The monoisotopic (exact) mass is 402 g/mol. The summed E-state index contributed by atoms with van der Waals surface area (Å²) in [6, 6.07) is 8.21. The van der Waals surface area contributed by atoms with E-state index in [2.05, 4.69) is 5.32 Å². The molecule has 2 aromatic rings. The molecule has 29 heavy (non-hydrogen) atoms. The molecule has 1 fully saturated rings. The minimum atomic E-state index is -0.833. The van der Waals surface area contributed by atoms with Crippen molar-refractivity contribution in [2.45, 2.75) is 19.4 Å². The van der Waals surface area contributed by atoms with Gasteiger partial charge in [0.2, 0.25) is 0 Å². The lowest BCUT2D eigenvalue weighted by molar-refractivity contribution is -0.130. The van der Waals surface area contributed by atoms with Gasteiger partial charge in [-0.2, -0.15) is 0 Å². The number of amides is 3. The molecule has 1 aliphatic rings. The van der Waals surface area contributed by atoms with Gasteiger partial charge in [-0.15, -0.1) is 0 Å². The average Bonchev–Trinajstić information content (AvgIpc) is 3.18. The van der Waals surface area contributed by atoms with Crippen molar-refractivity contribution in [3.8, 4) is 5.69 Å². The van der Waals surface area contributed by atoms with Gasteiger partial charge in [0.15, 0.2) is 0 Å². The number of carbonyl (C=O) groups is 2. The molecule has 8 nitrogen and oxygen atoms in total. The Morgan fingerprint density at radius 2 is 2.14 bits per heavy atom. The lowest BCUT2D eigenvalue weighted by atomic mass is 10.0. The van der Waals surface area contributed by atoms with Crippen molar-refractivity contribution in [2.24, 2.45) is 11.7 Å². The Morgan fingerprint density at radius 1 is 1.34 bits per heavy atom. The van der Waals surface area contributed by atoms with E-state index in [-0.39, 0.29) is 17.2 Å². The highest BCUT2D eigenvalue weighted by atomic mass is 19.1. The van der Waals surface area contributed by atoms with E-state index in [0.717, 1.165) is 0 Å². The van der Waals surface area contributed by atoms with E-state index in [1.807, 2.05) is 0 Å². The highest BCUT2D eigenvalue weighted by molar-refractivity contribution is 5.94. The number of carbonyl (C=O) groups excluding carboxylic acids is 2. The molecule has 1 saturated heterocycles. The molecule has 3 rings (SSSR count). The van der Waals surface area contributed by atoms with E-state index in [9.17, 15) is 18.8 Å². The number of hydrogen-bond donors (Lipinski definition) is 2. The number of nitrogens with zero attached hydrogens (tertiary/aromatic N) is 2. The van der Waals surface area contributed by atoms with Gasteiger partial charge in [-0.3, -0.25) is 14.2 Å². The molecule has 0 saturated carbocycles. The number of ether oxygens (including phenoxy) is 1. The Kier molecular flexibility index (Phi) is 6.28. The van der Waals surface area contributed by atoms with Crippen molar-refractivity contribution >= 4 is 17.6 Å². The van der Waals surface area contributed by atoms with Crippen LogP contribution in [0.2, 0.25) is 0 Å². The second kappa shape index (κ2) is 8.87. The number of primary amides is 1. The molecule has 3 amide bonds. The molecule has 1 aromatic carbocycles.